The van der Waals surface area contributed by atoms with Gasteiger partial charge in [-0.25, -0.2) is 0 Å². The van der Waals surface area contributed by atoms with Gasteiger partial charge in [-0.3, -0.25) is 4.79 Å². The number of benzene rings is 2. The Morgan fingerprint density at radius 1 is 1.07 bits per heavy atom. The molecule has 0 unspecified atom stereocenters. The lowest BCUT2D eigenvalue weighted by Crippen LogP contribution is -2.30. The Bertz CT molecular complexity index is 901. The fourth-order valence-electron chi connectivity index (χ4n) is 2.58. The summed E-state index contributed by atoms with van der Waals surface area (Å²) in [5.41, 5.74) is 1.01. The highest BCUT2D eigenvalue weighted by atomic mass is 35.5. The number of carbonyl (C=O) groups excluding carboxylic acids is 1. The lowest BCUT2D eigenvalue weighted by atomic mass is 10.1. The van der Waals surface area contributed by atoms with E-state index in [0.717, 1.165) is 0 Å². The van der Waals surface area contributed by atoms with Gasteiger partial charge in [0.2, 0.25) is 0 Å². The minimum absolute atomic E-state index is 0.246. The maximum Gasteiger partial charge on any atom is 0.258 e. The van der Waals surface area contributed by atoms with E-state index in [-0.39, 0.29) is 22.5 Å². The molecular weight excluding hydrogens is 409 g/mol. The molecule has 0 atom stereocenters. The second-order valence-corrected chi connectivity index (χ2v) is 6.90. The van der Waals surface area contributed by atoms with Crippen LogP contribution in [0.3, 0.4) is 0 Å². The van der Waals surface area contributed by atoms with E-state index in [1.54, 1.807) is 59.7 Å². The van der Waals surface area contributed by atoms with Gasteiger partial charge in [0.15, 0.2) is 5.75 Å². The molecule has 0 aliphatic carbocycles. The largest absolute Gasteiger partial charge is 0.491 e. The molecule has 0 aliphatic rings. The summed E-state index contributed by atoms with van der Waals surface area (Å²) < 4.78 is 10.8. The molecule has 0 bridgehead atoms. The van der Waals surface area contributed by atoms with E-state index in [9.17, 15) is 4.79 Å². The number of carbonyl (C=O) groups is 1. The number of anilines is 1. The van der Waals surface area contributed by atoms with Crippen LogP contribution in [0.1, 0.15) is 23.0 Å². The first-order valence-electron chi connectivity index (χ1n) is 8.21. The van der Waals surface area contributed by atoms with Crippen molar-refractivity contribution in [2.75, 3.05) is 11.5 Å². The zero-order chi connectivity index (χ0) is 19.4. The fourth-order valence-corrected chi connectivity index (χ4v) is 3.30. The van der Waals surface area contributed by atoms with E-state index in [1.165, 1.54) is 0 Å². The molecule has 0 N–H and O–H groups in total. The Labute approximate surface area is 172 Å². The number of ether oxygens (including phenoxy) is 1. The number of amides is 1. The molecule has 2 aromatic carbocycles. The van der Waals surface area contributed by atoms with Crippen molar-refractivity contribution in [3.63, 3.8) is 0 Å². The topological polar surface area (TPSA) is 42.7 Å². The van der Waals surface area contributed by atoms with Crippen molar-refractivity contribution in [2.45, 2.75) is 13.5 Å². The lowest BCUT2D eigenvalue weighted by molar-refractivity contribution is 0.0983. The van der Waals surface area contributed by atoms with E-state index >= 15 is 0 Å². The van der Waals surface area contributed by atoms with Gasteiger partial charge in [-0.1, -0.05) is 34.8 Å². The third-order valence-corrected chi connectivity index (χ3v) is 4.62. The van der Waals surface area contributed by atoms with Crippen molar-refractivity contribution >= 4 is 46.4 Å². The molecule has 4 nitrogen and oxygen atoms in total. The average molecular weight is 425 g/mol. The van der Waals surface area contributed by atoms with Crippen molar-refractivity contribution in [1.29, 1.82) is 0 Å². The minimum atomic E-state index is -0.277. The number of halogens is 3. The zero-order valence-electron chi connectivity index (χ0n) is 14.4. The standard InChI is InChI=1S/C20H16Cl3NO3/c1-2-26-19-17(22)10-13(11-18(19)23)20(25)24(12-16-4-3-9-27-16)15-7-5-14(21)6-8-15/h3-11H,2,12H2,1H3. The van der Waals surface area contributed by atoms with E-state index in [4.69, 9.17) is 44.0 Å². The van der Waals surface area contributed by atoms with Gasteiger partial charge in [-0.05, 0) is 55.5 Å². The van der Waals surface area contributed by atoms with Gasteiger partial charge in [0.05, 0.1) is 29.5 Å². The molecule has 0 radical (unpaired) electrons. The van der Waals surface area contributed by atoms with Gasteiger partial charge >= 0.3 is 0 Å². The molecule has 140 valence electrons. The number of furan rings is 1. The van der Waals surface area contributed by atoms with Crippen LogP contribution in [-0.4, -0.2) is 12.5 Å². The van der Waals surface area contributed by atoms with E-state index < -0.39 is 0 Å². The van der Waals surface area contributed by atoms with Gasteiger partial charge in [-0.15, -0.1) is 0 Å². The Morgan fingerprint density at radius 3 is 2.30 bits per heavy atom. The molecule has 1 aromatic heterocycles. The van der Waals surface area contributed by atoms with Gasteiger partial charge in [0, 0.05) is 16.3 Å². The first-order chi connectivity index (χ1) is 13.0. The van der Waals surface area contributed by atoms with Gasteiger partial charge < -0.3 is 14.1 Å². The predicted octanol–water partition coefficient (Wildman–Crippen LogP) is 6.49. The second-order valence-electron chi connectivity index (χ2n) is 5.65. The van der Waals surface area contributed by atoms with Gasteiger partial charge in [-0.2, -0.15) is 0 Å². The third-order valence-electron chi connectivity index (χ3n) is 3.81. The van der Waals surface area contributed by atoms with Crippen LogP contribution >= 0.6 is 34.8 Å². The highest BCUT2D eigenvalue weighted by molar-refractivity contribution is 6.38. The SMILES string of the molecule is CCOc1c(Cl)cc(C(=O)N(Cc2ccco2)c2ccc(Cl)cc2)cc1Cl. The highest BCUT2D eigenvalue weighted by Crippen LogP contribution is 2.35. The predicted molar refractivity (Wildman–Crippen MR) is 108 cm³/mol. The van der Waals surface area contributed by atoms with Crippen LogP contribution < -0.4 is 9.64 Å². The first kappa shape index (κ1) is 19.6. The normalized spacial score (nSPS) is 10.7. The molecule has 0 spiro atoms. The summed E-state index contributed by atoms with van der Waals surface area (Å²) in [7, 11) is 0. The van der Waals surface area contributed by atoms with Crippen LogP contribution in [0.4, 0.5) is 5.69 Å². The lowest BCUT2D eigenvalue weighted by Gasteiger charge is -2.22. The monoisotopic (exact) mass is 423 g/mol. The van der Waals surface area contributed by atoms with Crippen LogP contribution in [0, 0.1) is 0 Å². The molecule has 0 saturated carbocycles. The summed E-state index contributed by atoms with van der Waals surface area (Å²) in [5.74, 6) is 0.725. The summed E-state index contributed by atoms with van der Waals surface area (Å²) in [6, 6.07) is 13.6. The van der Waals surface area contributed by atoms with Crippen molar-refractivity contribution in [2.24, 2.45) is 0 Å². The third kappa shape index (κ3) is 4.59. The Kier molecular flexibility index (Phi) is 6.32. The highest BCUT2D eigenvalue weighted by Gasteiger charge is 2.22. The second kappa shape index (κ2) is 8.70. The number of rotatable bonds is 6. The van der Waals surface area contributed by atoms with Crippen molar-refractivity contribution < 1.29 is 13.9 Å². The van der Waals surface area contributed by atoms with Gasteiger partial charge in [0.25, 0.3) is 5.91 Å². The molecule has 3 aromatic rings. The molecule has 0 saturated heterocycles. The average Bonchev–Trinajstić information content (AvgIpc) is 3.16. The summed E-state index contributed by atoms with van der Waals surface area (Å²) in [6.45, 7) is 2.50. The van der Waals surface area contributed by atoms with Crippen LogP contribution in [0.2, 0.25) is 15.1 Å². The summed E-state index contributed by atoms with van der Waals surface area (Å²) >= 11 is 18.5. The molecule has 1 heterocycles. The summed E-state index contributed by atoms with van der Waals surface area (Å²) in [6.07, 6.45) is 1.56. The Balaban J connectivity index is 1.98. The fraction of sp³-hybridized carbons (Fsp3) is 0.150. The maximum absolute atomic E-state index is 13.2. The molecule has 1 amide bonds. The zero-order valence-corrected chi connectivity index (χ0v) is 16.7. The quantitative estimate of drug-likeness (QED) is 0.454. The Hall–Kier alpha value is -2.14. The number of hydrogen-bond donors (Lipinski definition) is 0. The van der Waals surface area contributed by atoms with E-state index in [1.807, 2.05) is 6.92 Å². The van der Waals surface area contributed by atoms with Crippen molar-refractivity contribution in [3.05, 3.63) is 81.2 Å². The molecule has 0 fully saturated rings. The summed E-state index contributed by atoms with van der Waals surface area (Å²) in [5, 5.41) is 1.14. The van der Waals surface area contributed by atoms with Crippen molar-refractivity contribution in [1.82, 2.24) is 0 Å². The number of nitrogens with zero attached hydrogens (tertiary/aromatic N) is 1. The van der Waals surface area contributed by atoms with Crippen LogP contribution in [0.15, 0.2) is 59.2 Å². The minimum Gasteiger partial charge on any atom is -0.491 e. The number of hydrogen-bond acceptors (Lipinski definition) is 3. The van der Waals surface area contributed by atoms with E-state index in [0.29, 0.717) is 34.4 Å². The molecular formula is C20H16Cl3NO3. The molecule has 7 heteroatoms. The summed E-state index contributed by atoms with van der Waals surface area (Å²) in [4.78, 5) is 14.8. The van der Waals surface area contributed by atoms with E-state index in [2.05, 4.69) is 0 Å². The molecule has 3 rings (SSSR count). The first-order valence-corrected chi connectivity index (χ1v) is 9.34. The van der Waals surface area contributed by atoms with Gasteiger partial charge in [0.1, 0.15) is 5.76 Å². The Morgan fingerprint density at radius 2 is 1.74 bits per heavy atom. The maximum atomic E-state index is 13.2. The molecule has 27 heavy (non-hydrogen) atoms. The van der Waals surface area contributed by atoms with Crippen molar-refractivity contribution in [3.8, 4) is 5.75 Å². The van der Waals surface area contributed by atoms with Crippen LogP contribution in [-0.2, 0) is 6.54 Å². The van der Waals surface area contributed by atoms with Crippen LogP contribution in [0.25, 0.3) is 0 Å². The molecule has 0 aliphatic heterocycles. The smallest absolute Gasteiger partial charge is 0.258 e. The van der Waals surface area contributed by atoms with Crippen LogP contribution in [0.5, 0.6) is 5.75 Å².